The first kappa shape index (κ1) is 15.8. The van der Waals surface area contributed by atoms with Gasteiger partial charge in [0.15, 0.2) is 0 Å². The molecule has 1 aromatic rings. The van der Waals surface area contributed by atoms with Gasteiger partial charge in [0, 0.05) is 28.2 Å². The fourth-order valence-corrected chi connectivity index (χ4v) is 2.39. The van der Waals surface area contributed by atoms with Gasteiger partial charge in [-0.2, -0.15) is 0 Å². The molecule has 0 saturated heterocycles. The fourth-order valence-electron chi connectivity index (χ4n) is 1.86. The van der Waals surface area contributed by atoms with Gasteiger partial charge in [0.05, 0.1) is 6.42 Å². The lowest BCUT2D eigenvalue weighted by atomic mass is 10.1. The zero-order valence-corrected chi connectivity index (χ0v) is 12.2. The number of carbonyl (C=O) groups is 2. The van der Waals surface area contributed by atoms with Crippen LogP contribution in [-0.2, 0) is 4.79 Å². The van der Waals surface area contributed by atoms with Crippen molar-refractivity contribution in [2.24, 2.45) is 0 Å². The van der Waals surface area contributed by atoms with Crippen LogP contribution in [0.4, 0.5) is 0 Å². The van der Waals surface area contributed by atoms with Crippen molar-refractivity contribution in [1.29, 1.82) is 0 Å². The van der Waals surface area contributed by atoms with Crippen molar-refractivity contribution >= 4 is 35.1 Å². The van der Waals surface area contributed by atoms with Crippen molar-refractivity contribution < 1.29 is 14.7 Å². The van der Waals surface area contributed by atoms with E-state index in [1.54, 1.807) is 13.8 Å². The minimum absolute atomic E-state index is 0.103. The number of nitrogens with zero attached hydrogens (tertiary/aromatic N) is 1. The zero-order valence-electron chi connectivity index (χ0n) is 10.7. The van der Waals surface area contributed by atoms with Crippen LogP contribution in [0.2, 0.25) is 10.0 Å². The number of carbonyl (C=O) groups excluding carboxylic acids is 1. The van der Waals surface area contributed by atoms with Gasteiger partial charge < -0.3 is 10.0 Å². The number of hydrogen-bond donors (Lipinski definition) is 1. The van der Waals surface area contributed by atoms with Crippen molar-refractivity contribution in [3.05, 3.63) is 33.8 Å². The van der Waals surface area contributed by atoms with E-state index in [9.17, 15) is 9.59 Å². The number of halogens is 2. The van der Waals surface area contributed by atoms with Gasteiger partial charge in [-0.1, -0.05) is 23.2 Å². The van der Waals surface area contributed by atoms with E-state index in [-0.39, 0.29) is 12.3 Å². The van der Waals surface area contributed by atoms with Crippen LogP contribution in [0.15, 0.2) is 18.2 Å². The highest BCUT2D eigenvalue weighted by Crippen LogP contribution is 2.21. The molecule has 0 saturated carbocycles. The van der Waals surface area contributed by atoms with Crippen LogP contribution in [0.5, 0.6) is 0 Å². The van der Waals surface area contributed by atoms with Gasteiger partial charge in [-0.05, 0) is 32.0 Å². The summed E-state index contributed by atoms with van der Waals surface area (Å²) in [6, 6.07) is 4.18. The Morgan fingerprint density at radius 1 is 1.26 bits per heavy atom. The number of rotatable bonds is 5. The highest BCUT2D eigenvalue weighted by atomic mass is 35.5. The van der Waals surface area contributed by atoms with Gasteiger partial charge in [-0.3, -0.25) is 9.59 Å². The molecule has 6 heteroatoms. The Kier molecular flexibility index (Phi) is 5.63. The van der Waals surface area contributed by atoms with E-state index in [4.69, 9.17) is 28.3 Å². The van der Waals surface area contributed by atoms with Crippen LogP contribution >= 0.6 is 23.2 Å². The summed E-state index contributed by atoms with van der Waals surface area (Å²) >= 11 is 11.7. The molecular formula is C13H15Cl2NO3. The predicted molar refractivity (Wildman–Crippen MR) is 74.9 cm³/mol. The first-order valence-electron chi connectivity index (χ1n) is 5.84. The molecule has 1 aromatic carbocycles. The standard InChI is InChI=1S/C13H15Cl2NO3/c1-3-16(8(2)4-12(17)18)13(19)9-5-10(14)7-11(15)6-9/h5-8H,3-4H2,1-2H3,(H,17,18). The minimum atomic E-state index is -0.942. The molecule has 0 aliphatic heterocycles. The fraction of sp³-hybridized carbons (Fsp3) is 0.385. The third kappa shape index (κ3) is 4.40. The molecule has 19 heavy (non-hydrogen) atoms. The largest absolute Gasteiger partial charge is 0.481 e. The Labute approximate surface area is 121 Å². The van der Waals surface area contributed by atoms with Crippen LogP contribution in [-0.4, -0.2) is 34.5 Å². The van der Waals surface area contributed by atoms with Crippen LogP contribution in [0.25, 0.3) is 0 Å². The van der Waals surface area contributed by atoms with Crippen molar-refractivity contribution in [2.75, 3.05) is 6.54 Å². The van der Waals surface area contributed by atoms with Gasteiger partial charge in [-0.25, -0.2) is 0 Å². The average molecular weight is 304 g/mol. The smallest absolute Gasteiger partial charge is 0.305 e. The highest BCUT2D eigenvalue weighted by Gasteiger charge is 2.22. The number of amides is 1. The lowest BCUT2D eigenvalue weighted by Crippen LogP contribution is -2.39. The van der Waals surface area contributed by atoms with Crippen LogP contribution in [0, 0.1) is 0 Å². The lowest BCUT2D eigenvalue weighted by molar-refractivity contribution is -0.138. The first-order valence-corrected chi connectivity index (χ1v) is 6.59. The summed E-state index contributed by atoms with van der Waals surface area (Å²) in [5.41, 5.74) is 0.358. The van der Waals surface area contributed by atoms with Crippen molar-refractivity contribution in [3.8, 4) is 0 Å². The maximum absolute atomic E-state index is 12.3. The van der Waals surface area contributed by atoms with Gasteiger partial charge in [0.2, 0.25) is 0 Å². The second-order valence-corrected chi connectivity index (χ2v) is 5.07. The van der Waals surface area contributed by atoms with Crippen LogP contribution < -0.4 is 0 Å². The van der Waals surface area contributed by atoms with E-state index < -0.39 is 12.0 Å². The molecule has 1 rings (SSSR count). The van der Waals surface area contributed by atoms with E-state index in [0.29, 0.717) is 22.2 Å². The van der Waals surface area contributed by atoms with E-state index in [1.165, 1.54) is 23.1 Å². The van der Waals surface area contributed by atoms with Crippen molar-refractivity contribution in [3.63, 3.8) is 0 Å². The summed E-state index contributed by atoms with van der Waals surface area (Å²) in [6.45, 7) is 3.90. The summed E-state index contributed by atoms with van der Waals surface area (Å²) < 4.78 is 0. The molecule has 1 N–H and O–H groups in total. The third-order valence-corrected chi connectivity index (χ3v) is 3.15. The molecule has 1 unspecified atom stereocenters. The molecule has 0 spiro atoms. The number of hydrogen-bond acceptors (Lipinski definition) is 2. The Balaban J connectivity index is 2.97. The quantitative estimate of drug-likeness (QED) is 0.908. The Morgan fingerprint density at radius 3 is 2.21 bits per heavy atom. The summed E-state index contributed by atoms with van der Waals surface area (Å²) in [5, 5.41) is 9.53. The second kappa shape index (κ2) is 6.78. The molecule has 4 nitrogen and oxygen atoms in total. The molecule has 1 atom stereocenters. The minimum Gasteiger partial charge on any atom is -0.481 e. The normalized spacial score (nSPS) is 12.0. The summed E-state index contributed by atoms with van der Waals surface area (Å²) in [6.07, 6.45) is -0.103. The first-order chi connectivity index (χ1) is 8.85. The molecule has 0 bridgehead atoms. The molecule has 0 fully saturated rings. The number of carboxylic acids is 1. The Morgan fingerprint density at radius 2 is 1.79 bits per heavy atom. The number of carboxylic acid groups (broad SMARTS) is 1. The van der Waals surface area contributed by atoms with E-state index in [1.807, 2.05) is 0 Å². The maximum Gasteiger partial charge on any atom is 0.305 e. The topological polar surface area (TPSA) is 57.6 Å². The highest BCUT2D eigenvalue weighted by molar-refractivity contribution is 6.35. The molecule has 104 valence electrons. The lowest BCUT2D eigenvalue weighted by Gasteiger charge is -2.27. The monoisotopic (exact) mass is 303 g/mol. The number of benzene rings is 1. The van der Waals surface area contributed by atoms with E-state index in [0.717, 1.165) is 0 Å². The Bertz CT molecular complexity index is 471. The SMILES string of the molecule is CCN(C(=O)c1cc(Cl)cc(Cl)c1)C(C)CC(=O)O. The van der Waals surface area contributed by atoms with Crippen LogP contribution in [0.1, 0.15) is 30.6 Å². The van der Waals surface area contributed by atoms with Gasteiger partial charge >= 0.3 is 5.97 Å². The summed E-state index contributed by atoms with van der Waals surface area (Å²) in [4.78, 5) is 24.5. The average Bonchev–Trinajstić information content (AvgIpc) is 2.27. The van der Waals surface area contributed by atoms with Crippen molar-refractivity contribution in [2.45, 2.75) is 26.3 Å². The molecule has 0 aliphatic carbocycles. The summed E-state index contributed by atoms with van der Waals surface area (Å²) in [5.74, 6) is -1.22. The molecule has 0 aromatic heterocycles. The van der Waals surface area contributed by atoms with E-state index in [2.05, 4.69) is 0 Å². The van der Waals surface area contributed by atoms with Crippen molar-refractivity contribution in [1.82, 2.24) is 4.90 Å². The van der Waals surface area contributed by atoms with Gasteiger partial charge in [0.25, 0.3) is 5.91 Å². The van der Waals surface area contributed by atoms with Gasteiger partial charge in [-0.15, -0.1) is 0 Å². The summed E-state index contributed by atoms with van der Waals surface area (Å²) in [7, 11) is 0. The van der Waals surface area contributed by atoms with E-state index >= 15 is 0 Å². The molecule has 0 radical (unpaired) electrons. The van der Waals surface area contributed by atoms with Crippen LogP contribution in [0.3, 0.4) is 0 Å². The third-order valence-electron chi connectivity index (χ3n) is 2.71. The molecule has 1 amide bonds. The van der Waals surface area contributed by atoms with Gasteiger partial charge in [0.1, 0.15) is 0 Å². The number of aliphatic carboxylic acids is 1. The zero-order chi connectivity index (χ0) is 14.6. The Hall–Kier alpha value is -1.26. The molecule has 0 aliphatic rings. The second-order valence-electron chi connectivity index (χ2n) is 4.20. The molecule has 0 heterocycles. The maximum atomic E-state index is 12.3. The molecular weight excluding hydrogens is 289 g/mol. The predicted octanol–water partition coefficient (Wildman–Crippen LogP) is 3.32.